The average Bonchev–Trinajstić information content (AvgIpc) is 3.06. The number of benzene rings is 1. The van der Waals surface area contributed by atoms with Gasteiger partial charge in [-0.25, -0.2) is 8.42 Å². The quantitative estimate of drug-likeness (QED) is 0.827. The summed E-state index contributed by atoms with van der Waals surface area (Å²) >= 11 is 1.28. The molecule has 0 bridgehead atoms. The van der Waals surface area contributed by atoms with Gasteiger partial charge in [-0.15, -0.1) is 11.3 Å². The lowest BCUT2D eigenvalue weighted by atomic mass is 10.1. The number of primary amides is 1. The summed E-state index contributed by atoms with van der Waals surface area (Å²) in [5, 5.41) is 0.286. The van der Waals surface area contributed by atoms with Crippen LogP contribution in [0.4, 0.5) is 5.00 Å². The molecule has 1 aromatic carbocycles. The molecule has 0 saturated heterocycles. The first kappa shape index (κ1) is 17.2. The minimum Gasteiger partial charge on any atom is -0.490 e. The van der Waals surface area contributed by atoms with Gasteiger partial charge in [0.2, 0.25) is 0 Å². The van der Waals surface area contributed by atoms with E-state index in [0.717, 1.165) is 36.1 Å². The zero-order valence-electron chi connectivity index (χ0n) is 13.9. The van der Waals surface area contributed by atoms with Crippen molar-refractivity contribution in [2.24, 2.45) is 5.73 Å². The fourth-order valence-corrected chi connectivity index (χ4v) is 5.84. The Bertz CT molecular complexity index is 981. The van der Waals surface area contributed by atoms with Gasteiger partial charge >= 0.3 is 0 Å². The zero-order chi connectivity index (χ0) is 18.3. The number of nitrogens with one attached hydrogen (secondary N) is 1. The third-order valence-corrected chi connectivity index (χ3v) is 7.11. The summed E-state index contributed by atoms with van der Waals surface area (Å²) < 4.78 is 39.3. The van der Waals surface area contributed by atoms with E-state index in [4.69, 9.17) is 15.2 Å². The van der Waals surface area contributed by atoms with E-state index in [1.165, 1.54) is 23.5 Å². The molecule has 138 valence electrons. The van der Waals surface area contributed by atoms with Crippen LogP contribution in [0.15, 0.2) is 23.1 Å². The van der Waals surface area contributed by atoms with Gasteiger partial charge in [0.1, 0.15) is 5.00 Å². The highest BCUT2D eigenvalue weighted by Crippen LogP contribution is 2.40. The number of carbonyl (C=O) groups excluding carboxylic acids is 1. The van der Waals surface area contributed by atoms with Crippen molar-refractivity contribution in [3.8, 4) is 11.5 Å². The highest BCUT2D eigenvalue weighted by atomic mass is 32.2. The maximum atomic E-state index is 12.8. The van der Waals surface area contributed by atoms with Gasteiger partial charge in [0, 0.05) is 17.4 Å². The van der Waals surface area contributed by atoms with E-state index < -0.39 is 15.9 Å². The van der Waals surface area contributed by atoms with E-state index in [1.807, 2.05) is 0 Å². The van der Waals surface area contributed by atoms with Crippen molar-refractivity contribution in [3.63, 3.8) is 0 Å². The van der Waals surface area contributed by atoms with Crippen molar-refractivity contribution in [3.05, 3.63) is 34.2 Å². The van der Waals surface area contributed by atoms with Crippen LogP contribution in [0.3, 0.4) is 0 Å². The Hall–Kier alpha value is -2.26. The molecule has 1 aliphatic carbocycles. The molecule has 4 rings (SSSR count). The first-order valence-corrected chi connectivity index (χ1v) is 10.6. The predicted octanol–water partition coefficient (Wildman–Crippen LogP) is 2.30. The number of hydrogen-bond donors (Lipinski definition) is 2. The molecular formula is C17H18N2O5S2. The molecule has 0 radical (unpaired) electrons. The fraction of sp³-hybridized carbons (Fsp3) is 0.353. The molecule has 2 aromatic rings. The topological polar surface area (TPSA) is 108 Å². The summed E-state index contributed by atoms with van der Waals surface area (Å²) in [5.74, 6) is 0.310. The van der Waals surface area contributed by atoms with Gasteiger partial charge in [-0.05, 0) is 37.0 Å². The molecule has 9 heteroatoms. The zero-order valence-corrected chi connectivity index (χ0v) is 15.5. The number of anilines is 1. The van der Waals surface area contributed by atoms with Crippen molar-refractivity contribution >= 4 is 32.3 Å². The molecule has 1 amide bonds. The maximum Gasteiger partial charge on any atom is 0.262 e. The molecule has 0 saturated carbocycles. The Balaban J connectivity index is 1.69. The molecule has 1 aromatic heterocycles. The Morgan fingerprint density at radius 2 is 1.88 bits per heavy atom. The minimum absolute atomic E-state index is 0.0470. The summed E-state index contributed by atoms with van der Waals surface area (Å²) in [7, 11) is -3.89. The number of aryl methyl sites for hydroxylation is 1. The molecule has 2 aliphatic rings. The van der Waals surface area contributed by atoms with E-state index in [0.29, 0.717) is 30.3 Å². The van der Waals surface area contributed by atoms with Crippen molar-refractivity contribution in [2.75, 3.05) is 17.9 Å². The number of nitrogens with two attached hydrogens (primary N) is 1. The lowest BCUT2D eigenvalue weighted by Gasteiger charge is -2.11. The lowest BCUT2D eigenvalue weighted by molar-refractivity contribution is 0.100. The van der Waals surface area contributed by atoms with Crippen molar-refractivity contribution in [1.82, 2.24) is 0 Å². The SMILES string of the molecule is NC(=O)c1c(NS(=O)(=O)c2ccc3c(c2)OCCCO3)sc2c1CCC2. The summed E-state index contributed by atoms with van der Waals surface area (Å²) in [6.45, 7) is 0.994. The summed E-state index contributed by atoms with van der Waals surface area (Å²) in [4.78, 5) is 12.9. The summed E-state index contributed by atoms with van der Waals surface area (Å²) in [6, 6.07) is 4.48. The largest absolute Gasteiger partial charge is 0.490 e. The number of ether oxygens (including phenoxy) is 2. The average molecular weight is 394 g/mol. The molecule has 3 N–H and O–H groups in total. The van der Waals surface area contributed by atoms with E-state index in [2.05, 4.69) is 4.72 Å². The van der Waals surface area contributed by atoms with Crippen LogP contribution in [0, 0.1) is 0 Å². The Morgan fingerprint density at radius 1 is 1.12 bits per heavy atom. The normalized spacial score (nSPS) is 16.0. The van der Waals surface area contributed by atoms with Crippen LogP contribution in [0.2, 0.25) is 0 Å². The third kappa shape index (κ3) is 3.01. The molecule has 7 nitrogen and oxygen atoms in total. The van der Waals surface area contributed by atoms with Crippen molar-refractivity contribution in [1.29, 1.82) is 0 Å². The Morgan fingerprint density at radius 3 is 2.65 bits per heavy atom. The minimum atomic E-state index is -3.89. The number of rotatable bonds is 4. The first-order chi connectivity index (χ1) is 12.5. The molecular weight excluding hydrogens is 376 g/mol. The van der Waals surface area contributed by atoms with Crippen LogP contribution in [0.5, 0.6) is 11.5 Å². The van der Waals surface area contributed by atoms with Gasteiger partial charge in [-0.2, -0.15) is 0 Å². The van der Waals surface area contributed by atoms with Gasteiger partial charge in [-0.3, -0.25) is 9.52 Å². The second kappa shape index (κ2) is 6.48. The van der Waals surface area contributed by atoms with Gasteiger partial charge in [-0.1, -0.05) is 0 Å². The van der Waals surface area contributed by atoms with E-state index in [1.54, 1.807) is 6.07 Å². The predicted molar refractivity (Wildman–Crippen MR) is 97.7 cm³/mol. The number of thiophene rings is 1. The standard InChI is InChI=1S/C17H18N2O5S2/c18-16(20)15-11-3-1-4-14(11)25-17(15)19-26(21,22)10-5-6-12-13(9-10)24-8-2-7-23-12/h5-6,9,19H,1-4,7-8H2,(H2,18,20). The van der Waals surface area contributed by atoms with Gasteiger partial charge in [0.15, 0.2) is 11.5 Å². The lowest BCUT2D eigenvalue weighted by Crippen LogP contribution is -2.18. The number of sulfonamides is 1. The van der Waals surface area contributed by atoms with Crippen molar-refractivity contribution in [2.45, 2.75) is 30.6 Å². The van der Waals surface area contributed by atoms with Gasteiger partial charge < -0.3 is 15.2 Å². The molecule has 0 fully saturated rings. The van der Waals surface area contributed by atoms with Crippen LogP contribution >= 0.6 is 11.3 Å². The van der Waals surface area contributed by atoms with Gasteiger partial charge in [0.05, 0.1) is 23.7 Å². The summed E-state index contributed by atoms with van der Waals surface area (Å²) in [5.41, 5.74) is 6.66. The fourth-order valence-electron chi connectivity index (χ4n) is 3.23. The number of fused-ring (bicyclic) bond motifs is 2. The summed E-state index contributed by atoms with van der Waals surface area (Å²) in [6.07, 6.45) is 3.27. The van der Waals surface area contributed by atoms with E-state index in [9.17, 15) is 13.2 Å². The second-order valence-electron chi connectivity index (χ2n) is 6.19. The number of hydrogen-bond acceptors (Lipinski definition) is 6. The molecule has 0 atom stereocenters. The molecule has 0 unspecified atom stereocenters. The Kier molecular flexibility index (Phi) is 4.28. The number of carbonyl (C=O) groups is 1. The van der Waals surface area contributed by atoms with Crippen molar-refractivity contribution < 1.29 is 22.7 Å². The highest BCUT2D eigenvalue weighted by Gasteiger charge is 2.28. The second-order valence-corrected chi connectivity index (χ2v) is 8.98. The van der Waals surface area contributed by atoms with Crippen LogP contribution in [-0.2, 0) is 22.9 Å². The van der Waals surface area contributed by atoms with Gasteiger partial charge in [0.25, 0.3) is 15.9 Å². The van der Waals surface area contributed by atoms with Crippen LogP contribution < -0.4 is 19.9 Å². The van der Waals surface area contributed by atoms with E-state index in [-0.39, 0.29) is 9.90 Å². The van der Waals surface area contributed by atoms with Crippen LogP contribution in [-0.4, -0.2) is 27.5 Å². The smallest absolute Gasteiger partial charge is 0.262 e. The van der Waals surface area contributed by atoms with Crippen LogP contribution in [0.25, 0.3) is 0 Å². The first-order valence-electron chi connectivity index (χ1n) is 8.32. The van der Waals surface area contributed by atoms with E-state index >= 15 is 0 Å². The Labute approximate surface area is 155 Å². The molecule has 2 heterocycles. The monoisotopic (exact) mass is 394 g/mol. The highest BCUT2D eigenvalue weighted by molar-refractivity contribution is 7.93. The number of amides is 1. The van der Waals surface area contributed by atoms with Crippen LogP contribution in [0.1, 0.15) is 33.6 Å². The molecule has 1 aliphatic heterocycles. The maximum absolute atomic E-state index is 12.8. The third-order valence-electron chi connectivity index (χ3n) is 4.42. The molecule has 26 heavy (non-hydrogen) atoms. The molecule has 0 spiro atoms.